The zero-order valence-corrected chi connectivity index (χ0v) is 15.0. The number of pyridine rings is 1. The minimum Gasteiger partial charge on any atom is -0.352 e. The van der Waals surface area contributed by atoms with Crippen LogP contribution in [-0.2, 0) is 0 Å². The summed E-state index contributed by atoms with van der Waals surface area (Å²) in [6.07, 6.45) is 2.72. The second-order valence-corrected chi connectivity index (χ2v) is 6.98. The summed E-state index contributed by atoms with van der Waals surface area (Å²) in [6, 6.07) is 6.53. The van der Waals surface area contributed by atoms with Crippen LogP contribution in [0.1, 0.15) is 25.8 Å². The van der Waals surface area contributed by atoms with Gasteiger partial charge in [-0.05, 0) is 32.4 Å². The molecule has 7 nitrogen and oxygen atoms in total. The van der Waals surface area contributed by atoms with E-state index in [1.165, 1.54) is 0 Å². The largest absolute Gasteiger partial charge is 0.352 e. The van der Waals surface area contributed by atoms with Gasteiger partial charge < -0.3 is 15.1 Å². The maximum absolute atomic E-state index is 12.5. The van der Waals surface area contributed by atoms with E-state index in [4.69, 9.17) is 0 Å². The molecule has 134 valence electrons. The first-order valence-electron chi connectivity index (χ1n) is 8.98. The van der Waals surface area contributed by atoms with E-state index in [1.807, 2.05) is 4.90 Å². The summed E-state index contributed by atoms with van der Waals surface area (Å²) in [6.45, 7) is 9.05. The number of piperazine rings is 1. The second-order valence-electron chi connectivity index (χ2n) is 6.98. The maximum atomic E-state index is 12.5. The van der Waals surface area contributed by atoms with Gasteiger partial charge in [-0.2, -0.15) is 5.26 Å². The predicted molar refractivity (Wildman–Crippen MR) is 96.4 cm³/mol. The number of amides is 2. The van der Waals surface area contributed by atoms with E-state index in [2.05, 4.69) is 40.0 Å². The summed E-state index contributed by atoms with van der Waals surface area (Å²) >= 11 is 0. The van der Waals surface area contributed by atoms with Gasteiger partial charge in [0.2, 0.25) is 0 Å². The summed E-state index contributed by atoms with van der Waals surface area (Å²) in [4.78, 5) is 23.2. The molecular formula is C18H26N6O. The quantitative estimate of drug-likeness (QED) is 0.895. The molecule has 1 N–H and O–H groups in total. The molecule has 0 aromatic carbocycles. The first kappa shape index (κ1) is 17.5. The van der Waals surface area contributed by atoms with Crippen LogP contribution >= 0.6 is 0 Å². The molecule has 7 heteroatoms. The minimum absolute atomic E-state index is 0.0248. The number of nitrogens with zero attached hydrogens (tertiary/aromatic N) is 5. The van der Waals surface area contributed by atoms with Crippen molar-refractivity contribution in [3.05, 3.63) is 23.9 Å². The maximum Gasteiger partial charge on any atom is 0.317 e. The lowest BCUT2D eigenvalue weighted by Crippen LogP contribution is -2.54. The van der Waals surface area contributed by atoms with Gasteiger partial charge in [-0.25, -0.2) is 9.78 Å². The molecule has 3 heterocycles. The molecule has 25 heavy (non-hydrogen) atoms. The van der Waals surface area contributed by atoms with Crippen LogP contribution in [0, 0.1) is 11.3 Å². The van der Waals surface area contributed by atoms with Gasteiger partial charge in [-0.15, -0.1) is 0 Å². The van der Waals surface area contributed by atoms with Crippen molar-refractivity contribution < 1.29 is 4.79 Å². The minimum atomic E-state index is 0.0248. The van der Waals surface area contributed by atoms with E-state index >= 15 is 0 Å². The number of rotatable bonds is 3. The molecule has 0 spiro atoms. The van der Waals surface area contributed by atoms with Gasteiger partial charge in [0.05, 0.1) is 5.56 Å². The number of likely N-dealkylation sites (tertiary alicyclic amines) is 1. The Morgan fingerprint density at radius 2 is 2.08 bits per heavy atom. The number of urea groups is 1. The van der Waals surface area contributed by atoms with Gasteiger partial charge >= 0.3 is 6.03 Å². The summed E-state index contributed by atoms with van der Waals surface area (Å²) in [7, 11) is 0. The molecule has 1 atom stereocenters. The van der Waals surface area contributed by atoms with Crippen LogP contribution in [0.15, 0.2) is 18.3 Å². The van der Waals surface area contributed by atoms with Crippen molar-refractivity contribution in [3.8, 4) is 6.07 Å². The number of aromatic nitrogens is 1. The number of nitriles is 1. The Hall–Kier alpha value is -2.33. The zero-order chi connectivity index (χ0) is 17.8. The van der Waals surface area contributed by atoms with Gasteiger partial charge in [0.15, 0.2) is 0 Å². The van der Waals surface area contributed by atoms with Crippen molar-refractivity contribution in [1.29, 1.82) is 5.26 Å². The monoisotopic (exact) mass is 342 g/mol. The molecule has 2 saturated heterocycles. The van der Waals surface area contributed by atoms with Gasteiger partial charge in [0.25, 0.3) is 0 Å². The molecule has 2 aliphatic rings. The standard InChI is InChI=1S/C18H26N6O/c1-14(2)24-7-5-16(13-24)21-18(25)23-10-8-22(9-11-23)17-15(12-19)4-3-6-20-17/h3-4,6,14,16H,5,7-11,13H2,1-2H3,(H,21,25). The SMILES string of the molecule is CC(C)N1CCC(NC(=O)N2CCN(c3ncccc3C#N)CC2)C1. The Balaban J connectivity index is 1.51. The highest BCUT2D eigenvalue weighted by Gasteiger charge is 2.28. The van der Waals surface area contributed by atoms with Crippen molar-refractivity contribution >= 4 is 11.8 Å². The Kier molecular flexibility index (Phi) is 5.39. The summed E-state index contributed by atoms with van der Waals surface area (Å²) < 4.78 is 0. The molecule has 0 saturated carbocycles. The van der Waals surface area contributed by atoms with Crippen LogP contribution in [0.5, 0.6) is 0 Å². The summed E-state index contributed by atoms with van der Waals surface area (Å²) in [5.74, 6) is 0.716. The highest BCUT2D eigenvalue weighted by molar-refractivity contribution is 5.75. The van der Waals surface area contributed by atoms with Crippen LogP contribution < -0.4 is 10.2 Å². The van der Waals surface area contributed by atoms with Gasteiger partial charge in [-0.3, -0.25) is 4.90 Å². The summed E-state index contributed by atoms with van der Waals surface area (Å²) in [5, 5.41) is 12.4. The van der Waals surface area contributed by atoms with Gasteiger partial charge in [-0.1, -0.05) is 0 Å². The molecule has 2 aliphatic heterocycles. The molecule has 2 amide bonds. The van der Waals surface area contributed by atoms with Gasteiger partial charge in [0.1, 0.15) is 11.9 Å². The second kappa shape index (κ2) is 7.70. The van der Waals surface area contributed by atoms with Crippen molar-refractivity contribution in [2.45, 2.75) is 32.4 Å². The molecule has 3 rings (SSSR count). The molecule has 1 unspecified atom stereocenters. The molecule has 1 aromatic rings. The lowest BCUT2D eigenvalue weighted by atomic mass is 10.2. The summed E-state index contributed by atoms with van der Waals surface area (Å²) in [5.41, 5.74) is 0.583. The average Bonchev–Trinajstić information content (AvgIpc) is 3.10. The molecule has 2 fully saturated rings. The van der Waals surface area contributed by atoms with Crippen molar-refractivity contribution in [2.75, 3.05) is 44.2 Å². The average molecular weight is 342 g/mol. The third kappa shape index (κ3) is 4.02. The number of anilines is 1. The number of carbonyl (C=O) groups is 1. The van der Waals surface area contributed by atoms with Crippen molar-refractivity contribution in [3.63, 3.8) is 0 Å². The third-order valence-electron chi connectivity index (χ3n) is 5.05. The highest BCUT2D eigenvalue weighted by atomic mass is 16.2. The molecule has 1 aromatic heterocycles. The van der Waals surface area contributed by atoms with Crippen LogP contribution in [0.3, 0.4) is 0 Å². The van der Waals surface area contributed by atoms with E-state index in [0.717, 1.165) is 19.5 Å². The van der Waals surface area contributed by atoms with Crippen LogP contribution in [-0.4, -0.2) is 72.2 Å². The molecular weight excluding hydrogens is 316 g/mol. The Morgan fingerprint density at radius 3 is 2.72 bits per heavy atom. The topological polar surface area (TPSA) is 75.5 Å². The van der Waals surface area contributed by atoms with E-state index in [1.54, 1.807) is 18.3 Å². The Morgan fingerprint density at radius 1 is 1.32 bits per heavy atom. The lowest BCUT2D eigenvalue weighted by molar-refractivity contribution is 0.189. The van der Waals surface area contributed by atoms with E-state index < -0.39 is 0 Å². The van der Waals surface area contributed by atoms with E-state index in [0.29, 0.717) is 43.6 Å². The fourth-order valence-electron chi connectivity index (χ4n) is 3.50. The van der Waals surface area contributed by atoms with Crippen molar-refractivity contribution in [2.24, 2.45) is 0 Å². The predicted octanol–water partition coefficient (Wildman–Crippen LogP) is 1.27. The molecule has 0 bridgehead atoms. The number of hydrogen-bond acceptors (Lipinski definition) is 5. The normalized spacial score (nSPS) is 21.4. The smallest absolute Gasteiger partial charge is 0.317 e. The molecule has 0 aliphatic carbocycles. The third-order valence-corrected chi connectivity index (χ3v) is 5.05. The number of nitrogens with one attached hydrogen (secondary N) is 1. The number of hydrogen-bond donors (Lipinski definition) is 1. The van der Waals surface area contributed by atoms with E-state index in [-0.39, 0.29) is 12.1 Å². The fraction of sp³-hybridized carbons (Fsp3) is 0.611. The van der Waals surface area contributed by atoms with E-state index in [9.17, 15) is 10.1 Å². The van der Waals surface area contributed by atoms with Crippen LogP contribution in [0.4, 0.5) is 10.6 Å². The van der Waals surface area contributed by atoms with Crippen molar-refractivity contribution in [1.82, 2.24) is 20.1 Å². The Labute approximate surface area is 149 Å². The number of carbonyl (C=O) groups excluding carboxylic acids is 1. The van der Waals surface area contributed by atoms with Crippen LogP contribution in [0.2, 0.25) is 0 Å². The lowest BCUT2D eigenvalue weighted by Gasteiger charge is -2.36. The first-order chi connectivity index (χ1) is 12.1. The van der Waals surface area contributed by atoms with Crippen LogP contribution in [0.25, 0.3) is 0 Å². The first-order valence-corrected chi connectivity index (χ1v) is 8.98. The fourth-order valence-corrected chi connectivity index (χ4v) is 3.50. The highest BCUT2D eigenvalue weighted by Crippen LogP contribution is 2.18. The zero-order valence-electron chi connectivity index (χ0n) is 15.0. The van der Waals surface area contributed by atoms with Gasteiger partial charge in [0, 0.05) is 57.5 Å². The Bertz CT molecular complexity index is 647. The molecule has 0 radical (unpaired) electrons.